The Hall–Kier alpha value is -4.04. The predicted molar refractivity (Wildman–Crippen MR) is 115 cm³/mol. The molecule has 0 aliphatic heterocycles. The van der Waals surface area contributed by atoms with Crippen LogP contribution in [-0.2, 0) is 4.79 Å². The van der Waals surface area contributed by atoms with Crippen LogP contribution in [0.5, 0.6) is 17.2 Å². The Balaban J connectivity index is 1.62. The second-order valence-corrected chi connectivity index (χ2v) is 6.36. The second kappa shape index (κ2) is 10.5. The molecule has 0 fully saturated rings. The van der Waals surface area contributed by atoms with Crippen molar-refractivity contribution in [1.29, 1.82) is 5.26 Å². The summed E-state index contributed by atoms with van der Waals surface area (Å²) in [7, 11) is 1.59. The van der Waals surface area contributed by atoms with Gasteiger partial charge >= 0.3 is 5.97 Å². The van der Waals surface area contributed by atoms with Crippen molar-refractivity contribution in [2.75, 3.05) is 13.7 Å². The van der Waals surface area contributed by atoms with Gasteiger partial charge in [0.1, 0.15) is 17.2 Å². The molecule has 0 unspecified atom stereocenters. The highest BCUT2D eigenvalue weighted by Crippen LogP contribution is 2.23. The van der Waals surface area contributed by atoms with E-state index in [1.54, 1.807) is 43.5 Å². The summed E-state index contributed by atoms with van der Waals surface area (Å²) in [4.78, 5) is 12.1. The summed E-state index contributed by atoms with van der Waals surface area (Å²) in [5.74, 6) is 1.46. The molecule has 3 rings (SSSR count). The van der Waals surface area contributed by atoms with Gasteiger partial charge in [-0.1, -0.05) is 30.3 Å². The van der Waals surface area contributed by atoms with Gasteiger partial charge < -0.3 is 14.2 Å². The molecular formula is C25H21NO4. The van der Waals surface area contributed by atoms with Gasteiger partial charge in [0.25, 0.3) is 0 Å². The van der Waals surface area contributed by atoms with Crippen molar-refractivity contribution in [2.24, 2.45) is 0 Å². The third-order valence-corrected chi connectivity index (χ3v) is 4.24. The van der Waals surface area contributed by atoms with Gasteiger partial charge in [0.05, 0.1) is 31.8 Å². The smallest absolute Gasteiger partial charge is 0.314 e. The van der Waals surface area contributed by atoms with E-state index in [9.17, 15) is 10.1 Å². The summed E-state index contributed by atoms with van der Waals surface area (Å²) in [6.07, 6.45) is 1.88. The van der Waals surface area contributed by atoms with Crippen molar-refractivity contribution in [3.05, 3.63) is 90.0 Å². The molecular weight excluding hydrogens is 378 g/mol. The van der Waals surface area contributed by atoms with Crippen molar-refractivity contribution in [2.45, 2.75) is 6.42 Å². The molecule has 30 heavy (non-hydrogen) atoms. The van der Waals surface area contributed by atoms with Crippen LogP contribution < -0.4 is 14.2 Å². The molecule has 0 aliphatic carbocycles. The van der Waals surface area contributed by atoms with Crippen molar-refractivity contribution < 1.29 is 19.0 Å². The van der Waals surface area contributed by atoms with E-state index >= 15 is 0 Å². The van der Waals surface area contributed by atoms with Gasteiger partial charge in [-0.3, -0.25) is 4.79 Å². The van der Waals surface area contributed by atoms with E-state index < -0.39 is 0 Å². The molecule has 5 heteroatoms. The summed E-state index contributed by atoms with van der Waals surface area (Å²) in [5, 5.41) is 9.52. The normalized spacial score (nSPS) is 10.7. The highest BCUT2D eigenvalue weighted by Gasteiger charge is 2.07. The van der Waals surface area contributed by atoms with E-state index in [2.05, 4.69) is 6.07 Å². The maximum absolute atomic E-state index is 12.1. The first-order valence-corrected chi connectivity index (χ1v) is 9.43. The molecule has 0 atom stereocenters. The van der Waals surface area contributed by atoms with Crippen LogP contribution >= 0.6 is 0 Å². The summed E-state index contributed by atoms with van der Waals surface area (Å²) in [6, 6.07) is 25.8. The van der Waals surface area contributed by atoms with Crippen molar-refractivity contribution in [1.82, 2.24) is 0 Å². The minimum atomic E-state index is -0.386. The number of carbonyl (C=O) groups is 1. The fourth-order valence-electron chi connectivity index (χ4n) is 2.74. The number of hydrogen-bond acceptors (Lipinski definition) is 5. The Morgan fingerprint density at radius 2 is 1.67 bits per heavy atom. The highest BCUT2D eigenvalue weighted by atomic mass is 16.5. The Morgan fingerprint density at radius 3 is 2.37 bits per heavy atom. The maximum atomic E-state index is 12.1. The number of methoxy groups -OCH3 is 1. The summed E-state index contributed by atoms with van der Waals surface area (Å²) in [5.41, 5.74) is 2.03. The first kappa shape index (κ1) is 20.7. The van der Waals surface area contributed by atoms with Crippen LogP contribution in [0.1, 0.15) is 17.5 Å². The molecule has 5 nitrogen and oxygen atoms in total. The Morgan fingerprint density at radius 1 is 0.933 bits per heavy atom. The summed E-state index contributed by atoms with van der Waals surface area (Å²) < 4.78 is 16.1. The molecule has 0 bridgehead atoms. The van der Waals surface area contributed by atoms with Crippen molar-refractivity contribution >= 4 is 17.6 Å². The standard InChI is InChI=1S/C25H21NO4/c1-28-22-12-10-20(11-13-22)21(18-26)16-19-6-5-9-24(17-19)30-25(27)14-15-29-23-7-3-2-4-8-23/h2-13,16-17H,14-15H2,1H3/b21-16-. The fourth-order valence-corrected chi connectivity index (χ4v) is 2.74. The lowest BCUT2D eigenvalue weighted by atomic mass is 10.0. The van der Waals surface area contributed by atoms with E-state index in [1.807, 2.05) is 48.5 Å². The van der Waals surface area contributed by atoms with Crippen LogP contribution in [0.15, 0.2) is 78.9 Å². The summed E-state index contributed by atoms with van der Waals surface area (Å²) in [6.45, 7) is 0.235. The zero-order valence-electron chi connectivity index (χ0n) is 16.6. The van der Waals surface area contributed by atoms with E-state index in [-0.39, 0.29) is 19.0 Å². The third-order valence-electron chi connectivity index (χ3n) is 4.24. The zero-order chi connectivity index (χ0) is 21.2. The van der Waals surface area contributed by atoms with Gasteiger partial charge in [-0.15, -0.1) is 0 Å². The number of rotatable bonds is 8. The number of ether oxygens (including phenoxy) is 3. The number of esters is 1. The Kier molecular flexibility index (Phi) is 7.23. The van der Waals surface area contributed by atoms with Crippen LogP contribution in [0.25, 0.3) is 11.6 Å². The first-order valence-electron chi connectivity index (χ1n) is 9.43. The Labute approximate surface area is 175 Å². The minimum Gasteiger partial charge on any atom is -0.497 e. The molecule has 0 aromatic heterocycles. The first-order chi connectivity index (χ1) is 14.7. The minimum absolute atomic E-state index is 0.129. The lowest BCUT2D eigenvalue weighted by molar-refractivity contribution is -0.134. The number of carbonyl (C=O) groups excluding carboxylic acids is 1. The van der Waals surface area contributed by atoms with Crippen molar-refractivity contribution in [3.63, 3.8) is 0 Å². The SMILES string of the molecule is COc1ccc(/C(C#N)=C\c2cccc(OC(=O)CCOc3ccccc3)c2)cc1. The topological polar surface area (TPSA) is 68.5 Å². The second-order valence-electron chi connectivity index (χ2n) is 6.36. The van der Waals surface area contributed by atoms with E-state index in [1.165, 1.54) is 0 Å². The van der Waals surface area contributed by atoms with Gasteiger partial charge in [0.2, 0.25) is 0 Å². The molecule has 0 amide bonds. The molecule has 3 aromatic carbocycles. The molecule has 0 radical (unpaired) electrons. The number of hydrogen-bond donors (Lipinski definition) is 0. The fraction of sp³-hybridized carbons (Fsp3) is 0.120. The van der Waals surface area contributed by atoms with E-state index in [4.69, 9.17) is 14.2 Å². The number of nitriles is 1. The maximum Gasteiger partial charge on any atom is 0.314 e. The van der Waals surface area contributed by atoms with Crippen LogP contribution in [0.2, 0.25) is 0 Å². The van der Waals surface area contributed by atoms with Gasteiger partial charge in [-0.2, -0.15) is 5.26 Å². The molecule has 3 aromatic rings. The van der Waals surface area contributed by atoms with E-state index in [0.29, 0.717) is 17.1 Å². The van der Waals surface area contributed by atoms with Crippen molar-refractivity contribution in [3.8, 4) is 23.3 Å². The molecule has 0 heterocycles. The van der Waals surface area contributed by atoms with Gasteiger partial charge in [-0.05, 0) is 65.7 Å². The van der Waals surface area contributed by atoms with Crippen LogP contribution in [0, 0.1) is 11.3 Å². The molecule has 0 aliphatic rings. The molecule has 0 saturated heterocycles. The largest absolute Gasteiger partial charge is 0.497 e. The van der Waals surface area contributed by atoms with Crippen LogP contribution in [0.4, 0.5) is 0 Å². The third kappa shape index (κ3) is 5.98. The molecule has 0 spiro atoms. The molecule has 0 saturated carbocycles. The summed E-state index contributed by atoms with van der Waals surface area (Å²) >= 11 is 0. The van der Waals surface area contributed by atoms with Gasteiger partial charge in [0, 0.05) is 0 Å². The van der Waals surface area contributed by atoms with Crippen LogP contribution in [0.3, 0.4) is 0 Å². The number of allylic oxidation sites excluding steroid dienone is 1. The molecule has 150 valence electrons. The van der Waals surface area contributed by atoms with E-state index in [0.717, 1.165) is 16.9 Å². The van der Waals surface area contributed by atoms with Gasteiger partial charge in [0.15, 0.2) is 0 Å². The number of benzene rings is 3. The average Bonchev–Trinajstić information content (AvgIpc) is 2.78. The monoisotopic (exact) mass is 399 g/mol. The zero-order valence-corrected chi connectivity index (χ0v) is 16.6. The molecule has 0 N–H and O–H groups in total. The predicted octanol–water partition coefficient (Wildman–Crippen LogP) is 5.13. The Bertz CT molecular complexity index is 1050. The lowest BCUT2D eigenvalue weighted by Crippen LogP contribution is -2.12. The average molecular weight is 399 g/mol. The lowest BCUT2D eigenvalue weighted by Gasteiger charge is -2.07. The number of nitrogens with zero attached hydrogens (tertiary/aromatic N) is 1. The quantitative estimate of drug-likeness (QED) is 0.227. The van der Waals surface area contributed by atoms with Crippen LogP contribution in [-0.4, -0.2) is 19.7 Å². The van der Waals surface area contributed by atoms with Gasteiger partial charge in [-0.25, -0.2) is 0 Å². The number of para-hydroxylation sites is 1. The highest BCUT2D eigenvalue weighted by molar-refractivity contribution is 5.89.